The van der Waals surface area contributed by atoms with Crippen molar-refractivity contribution in [2.45, 2.75) is 57.9 Å². The Morgan fingerprint density at radius 2 is 2.20 bits per heavy atom. The molecule has 3 rings (SSSR count). The summed E-state index contributed by atoms with van der Waals surface area (Å²) in [6.45, 7) is 9.54. The van der Waals surface area contributed by atoms with Crippen molar-refractivity contribution >= 4 is 0 Å². The lowest BCUT2D eigenvalue weighted by molar-refractivity contribution is 0.0306. The fourth-order valence-electron chi connectivity index (χ4n) is 4.33. The summed E-state index contributed by atoms with van der Waals surface area (Å²) in [5, 5.41) is 9.84. The van der Waals surface area contributed by atoms with Crippen LogP contribution in [0.15, 0.2) is 18.2 Å². The molecular formula is C18H27NO. The third kappa shape index (κ3) is 2.05. The first-order valence-electron chi connectivity index (χ1n) is 8.12. The van der Waals surface area contributed by atoms with Gasteiger partial charge in [0, 0.05) is 6.04 Å². The van der Waals surface area contributed by atoms with Crippen molar-refractivity contribution in [3.63, 3.8) is 0 Å². The van der Waals surface area contributed by atoms with E-state index in [0.29, 0.717) is 17.7 Å². The zero-order valence-electron chi connectivity index (χ0n) is 13.0. The van der Waals surface area contributed by atoms with Crippen molar-refractivity contribution < 1.29 is 5.11 Å². The lowest BCUT2D eigenvalue weighted by atomic mass is 9.59. The van der Waals surface area contributed by atoms with E-state index in [0.717, 1.165) is 6.42 Å². The summed E-state index contributed by atoms with van der Waals surface area (Å²) in [4.78, 5) is 2.71. The topological polar surface area (TPSA) is 23.5 Å². The molecule has 0 amide bonds. The van der Waals surface area contributed by atoms with Gasteiger partial charge in [0.1, 0.15) is 5.75 Å². The minimum absolute atomic E-state index is 0.236. The fraction of sp³-hybridized carbons (Fsp3) is 0.667. The van der Waals surface area contributed by atoms with Crippen LogP contribution in [0.4, 0.5) is 0 Å². The van der Waals surface area contributed by atoms with Crippen molar-refractivity contribution in [3.05, 3.63) is 29.3 Å². The van der Waals surface area contributed by atoms with E-state index >= 15 is 0 Å². The van der Waals surface area contributed by atoms with Gasteiger partial charge in [0.25, 0.3) is 0 Å². The molecule has 1 aromatic carbocycles. The highest BCUT2D eigenvalue weighted by Crippen LogP contribution is 2.49. The van der Waals surface area contributed by atoms with Gasteiger partial charge in [0.2, 0.25) is 0 Å². The van der Waals surface area contributed by atoms with Crippen molar-refractivity contribution in [1.82, 2.24) is 4.90 Å². The Bertz CT molecular complexity index is 498. The van der Waals surface area contributed by atoms with Gasteiger partial charge in [-0.25, -0.2) is 0 Å². The third-order valence-electron chi connectivity index (χ3n) is 5.91. The Morgan fingerprint density at radius 1 is 1.40 bits per heavy atom. The summed E-state index contributed by atoms with van der Waals surface area (Å²) in [5.41, 5.74) is 3.09. The molecule has 1 aliphatic carbocycles. The Hall–Kier alpha value is -1.02. The predicted molar refractivity (Wildman–Crippen MR) is 83.2 cm³/mol. The molecule has 1 heterocycles. The smallest absolute Gasteiger partial charge is 0.115 e. The zero-order chi connectivity index (χ0) is 14.3. The molecule has 1 fully saturated rings. The van der Waals surface area contributed by atoms with Crippen molar-refractivity contribution in [1.29, 1.82) is 0 Å². The van der Waals surface area contributed by atoms with Crippen LogP contribution in [0.1, 0.15) is 51.2 Å². The first kappa shape index (κ1) is 13.9. The van der Waals surface area contributed by atoms with Crippen LogP contribution >= 0.6 is 0 Å². The highest BCUT2D eigenvalue weighted by molar-refractivity contribution is 5.44. The minimum Gasteiger partial charge on any atom is -0.508 e. The number of likely N-dealkylation sites (tertiary alicyclic amines) is 1. The Balaban J connectivity index is 1.95. The van der Waals surface area contributed by atoms with E-state index < -0.39 is 0 Å². The lowest BCUT2D eigenvalue weighted by Gasteiger charge is -2.54. The van der Waals surface area contributed by atoms with Crippen molar-refractivity contribution in [2.75, 3.05) is 13.1 Å². The highest BCUT2D eigenvalue weighted by Gasteiger charge is 2.48. The van der Waals surface area contributed by atoms with Crippen LogP contribution in [0.25, 0.3) is 0 Å². The Kier molecular flexibility index (Phi) is 3.53. The number of benzene rings is 1. The predicted octanol–water partition coefficient (Wildman–Crippen LogP) is 3.72. The maximum Gasteiger partial charge on any atom is 0.115 e. The minimum atomic E-state index is 0.236. The molecule has 110 valence electrons. The van der Waals surface area contributed by atoms with E-state index in [9.17, 15) is 5.11 Å². The summed E-state index contributed by atoms with van der Waals surface area (Å²) >= 11 is 0. The number of unbranched alkanes of at least 4 members (excludes halogenated alkanes) is 1. The molecule has 2 heteroatoms. The molecule has 2 aliphatic rings. The first-order chi connectivity index (χ1) is 9.56. The number of rotatable bonds is 3. The van der Waals surface area contributed by atoms with Gasteiger partial charge in [-0.05, 0) is 66.9 Å². The molecule has 0 unspecified atom stereocenters. The molecule has 1 N–H and O–H groups in total. The fourth-order valence-corrected chi connectivity index (χ4v) is 4.33. The maximum atomic E-state index is 9.84. The monoisotopic (exact) mass is 273 g/mol. The van der Waals surface area contributed by atoms with Crippen LogP contribution in [0, 0.1) is 5.92 Å². The average Bonchev–Trinajstić information content (AvgIpc) is 2.43. The molecule has 20 heavy (non-hydrogen) atoms. The molecule has 3 atom stereocenters. The number of aromatic hydroxyl groups is 1. The molecule has 0 spiro atoms. The van der Waals surface area contributed by atoms with Crippen molar-refractivity contribution in [2.24, 2.45) is 5.92 Å². The van der Waals surface area contributed by atoms with Gasteiger partial charge in [0.05, 0.1) is 0 Å². The van der Waals surface area contributed by atoms with Crippen LogP contribution in [-0.2, 0) is 11.8 Å². The second kappa shape index (κ2) is 5.07. The number of hydrogen-bond acceptors (Lipinski definition) is 2. The van der Waals surface area contributed by atoms with E-state index in [1.807, 2.05) is 12.1 Å². The molecule has 0 aromatic heterocycles. The van der Waals surface area contributed by atoms with Gasteiger partial charge in [-0.2, -0.15) is 0 Å². The van der Waals surface area contributed by atoms with E-state index in [1.54, 1.807) is 0 Å². The molecule has 1 aromatic rings. The quantitative estimate of drug-likeness (QED) is 0.907. The summed E-state index contributed by atoms with van der Waals surface area (Å²) in [7, 11) is 0. The molecule has 2 nitrogen and oxygen atoms in total. The zero-order valence-corrected chi connectivity index (χ0v) is 13.0. The van der Waals surface area contributed by atoms with Crippen molar-refractivity contribution in [3.8, 4) is 5.75 Å². The summed E-state index contributed by atoms with van der Waals surface area (Å²) < 4.78 is 0. The number of fused-ring (bicyclic) bond motifs is 4. The van der Waals surface area contributed by atoms with Crippen LogP contribution in [0.3, 0.4) is 0 Å². The summed E-state index contributed by atoms with van der Waals surface area (Å²) in [6.07, 6.45) is 4.95. The van der Waals surface area contributed by atoms with Gasteiger partial charge >= 0.3 is 0 Å². The number of phenols is 1. The molecule has 1 aliphatic heterocycles. The number of phenolic OH excluding ortho intramolecular Hbond substituents is 1. The maximum absolute atomic E-state index is 9.84. The van der Waals surface area contributed by atoms with E-state index in [-0.39, 0.29) is 5.41 Å². The van der Waals surface area contributed by atoms with Crippen LogP contribution in [0.5, 0.6) is 5.75 Å². The summed E-state index contributed by atoms with van der Waals surface area (Å²) in [6, 6.07) is 6.69. The van der Waals surface area contributed by atoms with Gasteiger partial charge in [-0.3, -0.25) is 4.90 Å². The second-order valence-electron chi connectivity index (χ2n) is 6.96. The van der Waals surface area contributed by atoms with E-state index in [1.165, 1.54) is 43.5 Å². The second-order valence-corrected chi connectivity index (χ2v) is 6.96. The molecule has 1 saturated heterocycles. The molecule has 0 radical (unpaired) electrons. The standard InChI is InChI=1S/C18H27NO/c1-4-5-9-19-10-8-18(3)13(2)17(19)11-14-6-7-15(20)12-16(14)18/h6-7,12-13,17,20H,4-5,8-11H2,1-3H3/t13-,17+,18+/m0/s1. The number of nitrogens with zero attached hydrogens (tertiary/aromatic N) is 1. The van der Waals surface area contributed by atoms with Gasteiger partial charge in [-0.15, -0.1) is 0 Å². The first-order valence-corrected chi connectivity index (χ1v) is 8.12. The average molecular weight is 273 g/mol. The largest absolute Gasteiger partial charge is 0.508 e. The molecule has 0 saturated carbocycles. The van der Waals surface area contributed by atoms with E-state index in [2.05, 4.69) is 31.7 Å². The van der Waals surface area contributed by atoms with Crippen LogP contribution < -0.4 is 0 Å². The Labute approximate surface area is 122 Å². The van der Waals surface area contributed by atoms with Gasteiger partial charge in [-0.1, -0.05) is 33.3 Å². The SMILES string of the molecule is CCCCN1CC[C@@]2(C)c3cc(O)ccc3C[C@@H]1[C@@H]2C. The lowest BCUT2D eigenvalue weighted by Crippen LogP contribution is -2.58. The Morgan fingerprint density at radius 3 is 2.95 bits per heavy atom. The van der Waals surface area contributed by atoms with Gasteiger partial charge < -0.3 is 5.11 Å². The van der Waals surface area contributed by atoms with Gasteiger partial charge in [0.15, 0.2) is 0 Å². The summed E-state index contributed by atoms with van der Waals surface area (Å²) in [5.74, 6) is 1.09. The van der Waals surface area contributed by atoms with Crippen LogP contribution in [0.2, 0.25) is 0 Å². The van der Waals surface area contributed by atoms with E-state index in [4.69, 9.17) is 0 Å². The number of hydrogen-bond donors (Lipinski definition) is 1. The third-order valence-corrected chi connectivity index (χ3v) is 5.91. The normalized spacial score (nSPS) is 33.0. The van der Waals surface area contributed by atoms with Crippen LogP contribution in [-0.4, -0.2) is 29.1 Å². The molecular weight excluding hydrogens is 246 g/mol. The number of piperidine rings is 1. The highest BCUT2D eigenvalue weighted by atomic mass is 16.3. The molecule has 2 bridgehead atoms.